The van der Waals surface area contributed by atoms with Crippen LogP contribution in [-0.4, -0.2) is 0 Å². The van der Waals surface area contributed by atoms with Crippen LogP contribution in [0.1, 0.15) is 5.56 Å². The Morgan fingerprint density at radius 2 is 0.750 bits per heavy atom. The van der Waals surface area contributed by atoms with Crippen molar-refractivity contribution in [2.24, 2.45) is 0 Å². The van der Waals surface area contributed by atoms with E-state index in [4.69, 9.17) is 6.42 Å². The van der Waals surface area contributed by atoms with Gasteiger partial charge in [0.25, 0.3) is 0 Å². The third-order valence-corrected chi connectivity index (χ3v) is 6.84. The maximum Gasteiger partial charge on any atom is 1.00 e. The summed E-state index contributed by atoms with van der Waals surface area (Å²) in [5, 5.41) is 4.31. The molecule has 4 aromatic rings. The summed E-state index contributed by atoms with van der Waals surface area (Å²) in [6.45, 7) is 0. The first kappa shape index (κ1) is 21.9. The van der Waals surface area contributed by atoms with E-state index in [0.29, 0.717) is 0 Å². The Kier molecular flexibility index (Phi) is 9.50. The molecule has 0 unspecified atom stereocenters. The van der Waals surface area contributed by atoms with E-state index < -0.39 is 7.92 Å². The zero-order chi connectivity index (χ0) is 18.7. The van der Waals surface area contributed by atoms with Crippen LogP contribution in [0, 0.1) is 12.3 Å². The van der Waals surface area contributed by atoms with Crippen molar-refractivity contribution in [2.45, 2.75) is 0 Å². The first-order valence-corrected chi connectivity index (χ1v) is 10.4. The Bertz CT molecular complexity index is 868. The molecule has 0 aromatic heterocycles. The molecule has 0 heterocycles. The van der Waals surface area contributed by atoms with Crippen molar-refractivity contribution in [2.75, 3.05) is 0 Å². The van der Waals surface area contributed by atoms with Crippen LogP contribution in [-0.2, 0) is 22.4 Å². The van der Waals surface area contributed by atoms with Gasteiger partial charge in [0.05, 0.1) is 7.92 Å². The van der Waals surface area contributed by atoms with Crippen LogP contribution in [0.4, 0.5) is 0 Å². The number of hydrogen-bond acceptors (Lipinski definition) is 0. The van der Waals surface area contributed by atoms with Gasteiger partial charge in [0, 0.05) is 0 Å². The zero-order valence-electron chi connectivity index (χ0n) is 15.3. The van der Waals surface area contributed by atoms with Crippen molar-refractivity contribution in [3.05, 3.63) is 133 Å². The summed E-state index contributed by atoms with van der Waals surface area (Å²) in [5.74, 6) is 2.28. The fourth-order valence-electron chi connectivity index (χ4n) is 2.84. The van der Waals surface area contributed by atoms with Crippen molar-refractivity contribution in [1.29, 1.82) is 0 Å². The zero-order valence-corrected chi connectivity index (χ0v) is 18.5. The minimum atomic E-state index is -0.877. The van der Waals surface area contributed by atoms with Crippen molar-refractivity contribution in [1.82, 2.24) is 0 Å². The molecule has 0 aliphatic carbocycles. The summed E-state index contributed by atoms with van der Waals surface area (Å²) in [5.41, 5.74) is 0.826. The third-order valence-electron chi connectivity index (χ3n) is 4.11. The van der Waals surface area contributed by atoms with E-state index in [2.05, 4.69) is 96.9 Å². The minimum absolute atomic E-state index is 0. The largest absolute Gasteiger partial charge is 1.00 e. The minimum Gasteiger partial charge on any atom is -0.366 e. The van der Waals surface area contributed by atoms with Crippen LogP contribution >= 0.6 is 7.92 Å². The fraction of sp³-hybridized carbons (Fsp3) is 0. The van der Waals surface area contributed by atoms with Gasteiger partial charge < -0.3 is 6.42 Å². The van der Waals surface area contributed by atoms with Crippen LogP contribution in [0.2, 0.25) is 0 Å². The molecule has 0 aliphatic rings. The van der Waals surface area contributed by atoms with Gasteiger partial charge >= 0.3 is 22.4 Å². The molecule has 140 valence electrons. The Labute approximate surface area is 184 Å². The molecule has 0 atom stereocenters. The molecule has 0 amide bonds. The predicted octanol–water partition coefficient (Wildman–Crippen LogP) is 4.80. The van der Waals surface area contributed by atoms with Gasteiger partial charge in [-0.1, -0.05) is 72.8 Å². The quantitative estimate of drug-likeness (QED) is 0.146. The molecular formula is C26H21AuP+. The fourth-order valence-corrected chi connectivity index (χ4v) is 5.41. The topological polar surface area (TPSA) is 0 Å². The van der Waals surface area contributed by atoms with Gasteiger partial charge in [-0.15, -0.1) is 17.7 Å². The molecule has 2 heteroatoms. The molecule has 0 spiro atoms. The Hall–Kier alpha value is -2.39. The van der Waals surface area contributed by atoms with E-state index >= 15 is 0 Å². The third kappa shape index (κ3) is 6.35. The maximum atomic E-state index is 6.69. The van der Waals surface area contributed by atoms with Gasteiger partial charge in [-0.25, -0.2) is 0 Å². The first-order valence-electron chi connectivity index (χ1n) is 8.89. The van der Waals surface area contributed by atoms with Crippen molar-refractivity contribution < 1.29 is 22.4 Å². The Balaban J connectivity index is 0.000000264. The second kappa shape index (κ2) is 12.1. The van der Waals surface area contributed by atoms with Crippen molar-refractivity contribution in [3.8, 4) is 5.92 Å². The maximum absolute atomic E-state index is 6.69. The number of benzene rings is 4. The molecular weight excluding hydrogens is 540 g/mol. The molecule has 0 radical (unpaired) electrons. The SMILES string of the molecule is [Au+].[C-]#Cc1ccccc1.c1ccc([PH+](c2ccccc2)c2ccccc2)cc1. The van der Waals surface area contributed by atoms with Gasteiger partial charge in [-0.3, -0.25) is 5.92 Å². The monoisotopic (exact) mass is 561 g/mol. The van der Waals surface area contributed by atoms with Gasteiger partial charge in [0.15, 0.2) is 0 Å². The van der Waals surface area contributed by atoms with E-state index in [1.807, 2.05) is 30.3 Å². The van der Waals surface area contributed by atoms with Gasteiger partial charge in [0.2, 0.25) is 0 Å². The van der Waals surface area contributed by atoms with Gasteiger partial charge in [-0.2, -0.15) is 0 Å². The Morgan fingerprint density at radius 1 is 0.464 bits per heavy atom. The molecule has 0 aliphatic heterocycles. The number of rotatable bonds is 3. The molecule has 0 bridgehead atoms. The molecule has 0 fully saturated rings. The van der Waals surface area contributed by atoms with E-state index in [1.165, 1.54) is 15.9 Å². The summed E-state index contributed by atoms with van der Waals surface area (Å²) in [6, 6.07) is 41.9. The first-order chi connectivity index (χ1) is 13.4. The van der Waals surface area contributed by atoms with E-state index in [0.717, 1.165) is 5.56 Å². The summed E-state index contributed by atoms with van der Waals surface area (Å²) in [7, 11) is -0.877. The van der Waals surface area contributed by atoms with Gasteiger partial charge in [0.1, 0.15) is 15.9 Å². The molecule has 28 heavy (non-hydrogen) atoms. The van der Waals surface area contributed by atoms with Crippen LogP contribution in [0.3, 0.4) is 0 Å². The van der Waals surface area contributed by atoms with Crippen molar-refractivity contribution >= 4 is 23.8 Å². The second-order valence-electron chi connectivity index (χ2n) is 5.96. The predicted molar refractivity (Wildman–Crippen MR) is 119 cm³/mol. The molecule has 0 saturated heterocycles. The Morgan fingerprint density at radius 3 is 1.00 bits per heavy atom. The number of hydrogen-bond donors (Lipinski definition) is 0. The van der Waals surface area contributed by atoms with E-state index in [9.17, 15) is 0 Å². The summed E-state index contributed by atoms with van der Waals surface area (Å²) < 4.78 is 0. The molecule has 0 nitrogen and oxygen atoms in total. The molecule has 0 N–H and O–H groups in total. The second-order valence-corrected chi connectivity index (χ2v) is 8.45. The van der Waals surface area contributed by atoms with Crippen LogP contribution in [0.25, 0.3) is 0 Å². The molecule has 4 aromatic carbocycles. The standard InChI is InChI=1S/C18H15P.C8H5.Au/c1-4-10-16(11-5-1)19(17-12-6-2-7-13-17)18-14-8-3-9-15-18;1-2-8-6-4-3-5-7-8;/h1-15H;3-7H;/q;-1;+1/p+1. The summed E-state index contributed by atoms with van der Waals surface area (Å²) in [6.07, 6.45) is 6.69. The van der Waals surface area contributed by atoms with Gasteiger partial charge in [-0.05, 0) is 36.4 Å². The normalized spacial score (nSPS) is 9.43. The van der Waals surface area contributed by atoms with E-state index in [1.54, 1.807) is 0 Å². The smallest absolute Gasteiger partial charge is 0.366 e. The average Bonchev–Trinajstić information content (AvgIpc) is 2.77. The summed E-state index contributed by atoms with van der Waals surface area (Å²) in [4.78, 5) is 0. The molecule has 4 rings (SSSR count). The van der Waals surface area contributed by atoms with Crippen LogP contribution < -0.4 is 15.9 Å². The van der Waals surface area contributed by atoms with E-state index in [-0.39, 0.29) is 22.4 Å². The van der Waals surface area contributed by atoms with Crippen LogP contribution in [0.15, 0.2) is 121 Å². The van der Waals surface area contributed by atoms with Crippen LogP contribution in [0.5, 0.6) is 0 Å². The molecule has 0 saturated carbocycles. The summed E-state index contributed by atoms with van der Waals surface area (Å²) >= 11 is 0. The van der Waals surface area contributed by atoms with Crippen molar-refractivity contribution in [3.63, 3.8) is 0 Å². The average molecular weight is 561 g/mol.